The second kappa shape index (κ2) is 7.41. The molecule has 4 nitrogen and oxygen atoms in total. The van der Waals surface area contributed by atoms with Crippen LogP contribution in [0.15, 0.2) is 34.9 Å². The van der Waals surface area contributed by atoms with Gasteiger partial charge in [0.2, 0.25) is 11.8 Å². The van der Waals surface area contributed by atoms with Crippen LogP contribution in [0.5, 0.6) is 11.6 Å². The number of nitrogens with zero attached hydrogens (tertiary/aromatic N) is 2. The van der Waals surface area contributed by atoms with Crippen molar-refractivity contribution in [2.75, 3.05) is 11.9 Å². The van der Waals surface area contributed by atoms with Gasteiger partial charge in [0.05, 0.1) is 10.7 Å². The Morgan fingerprint density at radius 1 is 1.29 bits per heavy atom. The zero-order valence-electron chi connectivity index (χ0n) is 12.6. The van der Waals surface area contributed by atoms with Gasteiger partial charge in [-0.2, -0.15) is 4.98 Å². The summed E-state index contributed by atoms with van der Waals surface area (Å²) in [6.45, 7) is 7.14. The van der Waals surface area contributed by atoms with E-state index in [-0.39, 0.29) is 0 Å². The molecule has 2 aromatic rings. The molecule has 0 radical (unpaired) electrons. The van der Waals surface area contributed by atoms with Crippen molar-refractivity contribution < 1.29 is 4.74 Å². The highest BCUT2D eigenvalue weighted by atomic mass is 79.9. The number of hydrogen-bond acceptors (Lipinski definition) is 4. The molecule has 2 rings (SSSR count). The third-order valence-corrected chi connectivity index (χ3v) is 3.86. The lowest BCUT2D eigenvalue weighted by Gasteiger charge is -2.15. The lowest BCUT2D eigenvalue weighted by molar-refractivity contribution is 0.448. The Kier molecular flexibility index (Phi) is 5.56. The minimum absolute atomic E-state index is 0.440. The Morgan fingerprint density at radius 2 is 2.05 bits per heavy atom. The number of aromatic nitrogens is 2. The van der Waals surface area contributed by atoms with E-state index in [1.165, 1.54) is 5.56 Å². The molecule has 0 aliphatic carbocycles. The van der Waals surface area contributed by atoms with Crippen molar-refractivity contribution in [1.82, 2.24) is 9.97 Å². The molecule has 0 bridgehead atoms. The number of nitrogens with one attached hydrogen (secondary N) is 1. The molecular formula is C16H20BrN3O. The maximum absolute atomic E-state index is 6.01. The summed E-state index contributed by atoms with van der Waals surface area (Å²) in [6, 6.07) is 8.09. The predicted molar refractivity (Wildman–Crippen MR) is 89.1 cm³/mol. The molecule has 0 fully saturated rings. The SMILES string of the molecule is CCNc1ncc(Br)c(Oc2ccccc2C(C)CC)n1. The molecule has 1 unspecified atom stereocenters. The van der Waals surface area contributed by atoms with Crippen LogP contribution in [0.4, 0.5) is 5.95 Å². The summed E-state index contributed by atoms with van der Waals surface area (Å²) in [5, 5.41) is 3.09. The minimum Gasteiger partial charge on any atom is -0.437 e. The molecule has 0 aliphatic heterocycles. The second-order valence-corrected chi connectivity index (χ2v) is 5.68. The lowest BCUT2D eigenvalue weighted by Crippen LogP contribution is -2.04. The van der Waals surface area contributed by atoms with Gasteiger partial charge in [0.1, 0.15) is 5.75 Å². The zero-order valence-corrected chi connectivity index (χ0v) is 14.1. The summed E-state index contributed by atoms with van der Waals surface area (Å²) in [5.74, 6) is 2.37. The summed E-state index contributed by atoms with van der Waals surface area (Å²) in [5.41, 5.74) is 1.19. The molecule has 1 aromatic carbocycles. The van der Waals surface area contributed by atoms with Gasteiger partial charge in [0.25, 0.3) is 0 Å². The number of hydrogen-bond donors (Lipinski definition) is 1. The van der Waals surface area contributed by atoms with Crippen LogP contribution >= 0.6 is 15.9 Å². The molecule has 0 aliphatic rings. The molecule has 0 spiro atoms. The highest BCUT2D eigenvalue weighted by Gasteiger charge is 2.13. The van der Waals surface area contributed by atoms with E-state index < -0.39 is 0 Å². The fraction of sp³-hybridized carbons (Fsp3) is 0.375. The first-order valence-electron chi connectivity index (χ1n) is 7.18. The van der Waals surface area contributed by atoms with E-state index in [4.69, 9.17) is 4.74 Å². The normalized spacial score (nSPS) is 12.0. The number of ether oxygens (including phenoxy) is 1. The van der Waals surface area contributed by atoms with Crippen molar-refractivity contribution in [3.05, 3.63) is 40.5 Å². The second-order valence-electron chi connectivity index (χ2n) is 4.83. The molecule has 0 saturated carbocycles. The maximum Gasteiger partial charge on any atom is 0.238 e. The average Bonchev–Trinajstić information content (AvgIpc) is 2.50. The number of anilines is 1. The lowest BCUT2D eigenvalue weighted by atomic mass is 9.98. The van der Waals surface area contributed by atoms with E-state index in [2.05, 4.69) is 51.1 Å². The summed E-state index contributed by atoms with van der Waals surface area (Å²) in [7, 11) is 0. The standard InChI is InChI=1S/C16H20BrN3O/c1-4-11(3)12-8-6-7-9-14(12)21-15-13(17)10-19-16(20-15)18-5-2/h6-11H,4-5H2,1-3H3,(H,18,19,20). The van der Waals surface area contributed by atoms with E-state index in [1.54, 1.807) is 6.20 Å². The Morgan fingerprint density at radius 3 is 2.76 bits per heavy atom. The summed E-state index contributed by atoms with van der Waals surface area (Å²) in [4.78, 5) is 8.59. The molecule has 1 heterocycles. The fourth-order valence-corrected chi connectivity index (χ4v) is 2.24. The first-order chi connectivity index (χ1) is 10.2. The van der Waals surface area contributed by atoms with Gasteiger partial charge in [0.15, 0.2) is 0 Å². The quantitative estimate of drug-likeness (QED) is 0.798. The smallest absolute Gasteiger partial charge is 0.238 e. The van der Waals surface area contributed by atoms with E-state index in [0.29, 0.717) is 17.7 Å². The number of benzene rings is 1. The molecule has 0 amide bonds. The van der Waals surface area contributed by atoms with Crippen LogP contribution in [0.3, 0.4) is 0 Å². The third-order valence-electron chi connectivity index (χ3n) is 3.32. The van der Waals surface area contributed by atoms with Crippen molar-refractivity contribution in [2.24, 2.45) is 0 Å². The highest BCUT2D eigenvalue weighted by Crippen LogP contribution is 2.34. The van der Waals surface area contributed by atoms with Crippen LogP contribution in [0, 0.1) is 0 Å². The summed E-state index contributed by atoms with van der Waals surface area (Å²) >= 11 is 3.44. The van der Waals surface area contributed by atoms with Crippen molar-refractivity contribution in [3.63, 3.8) is 0 Å². The van der Waals surface area contributed by atoms with Gasteiger partial charge < -0.3 is 10.1 Å². The van der Waals surface area contributed by atoms with E-state index in [1.807, 2.05) is 25.1 Å². The van der Waals surface area contributed by atoms with Crippen LogP contribution in [0.2, 0.25) is 0 Å². The minimum atomic E-state index is 0.440. The topological polar surface area (TPSA) is 47.0 Å². The first-order valence-corrected chi connectivity index (χ1v) is 7.98. The fourth-order valence-electron chi connectivity index (χ4n) is 1.97. The van der Waals surface area contributed by atoms with Crippen LogP contribution in [0.25, 0.3) is 0 Å². The van der Waals surface area contributed by atoms with Crippen LogP contribution < -0.4 is 10.1 Å². The number of para-hydroxylation sites is 1. The predicted octanol–water partition coefficient (Wildman–Crippen LogP) is 4.98. The van der Waals surface area contributed by atoms with Gasteiger partial charge in [-0.05, 0) is 46.8 Å². The molecule has 1 atom stereocenters. The zero-order chi connectivity index (χ0) is 15.2. The van der Waals surface area contributed by atoms with E-state index in [0.717, 1.165) is 23.2 Å². The van der Waals surface area contributed by atoms with Crippen LogP contribution in [0.1, 0.15) is 38.7 Å². The molecule has 21 heavy (non-hydrogen) atoms. The Bertz CT molecular complexity index is 604. The van der Waals surface area contributed by atoms with Crippen LogP contribution in [-0.4, -0.2) is 16.5 Å². The summed E-state index contributed by atoms with van der Waals surface area (Å²) < 4.78 is 6.75. The molecular weight excluding hydrogens is 330 g/mol. The molecule has 1 N–H and O–H groups in total. The van der Waals surface area contributed by atoms with Gasteiger partial charge in [-0.15, -0.1) is 0 Å². The molecule has 5 heteroatoms. The van der Waals surface area contributed by atoms with Crippen molar-refractivity contribution in [2.45, 2.75) is 33.1 Å². The van der Waals surface area contributed by atoms with E-state index >= 15 is 0 Å². The van der Waals surface area contributed by atoms with Gasteiger partial charge in [-0.3, -0.25) is 0 Å². The monoisotopic (exact) mass is 349 g/mol. The Balaban J connectivity index is 2.32. The van der Waals surface area contributed by atoms with E-state index in [9.17, 15) is 0 Å². The Labute approximate surface area is 134 Å². The molecule has 1 aromatic heterocycles. The van der Waals surface area contributed by atoms with Crippen molar-refractivity contribution >= 4 is 21.9 Å². The highest BCUT2D eigenvalue weighted by molar-refractivity contribution is 9.10. The number of halogens is 1. The van der Waals surface area contributed by atoms with Crippen molar-refractivity contribution in [1.29, 1.82) is 0 Å². The van der Waals surface area contributed by atoms with Gasteiger partial charge in [-0.25, -0.2) is 4.98 Å². The number of rotatable bonds is 6. The average molecular weight is 350 g/mol. The largest absolute Gasteiger partial charge is 0.437 e. The van der Waals surface area contributed by atoms with Gasteiger partial charge in [0, 0.05) is 6.54 Å². The maximum atomic E-state index is 6.01. The first kappa shape index (κ1) is 15.8. The Hall–Kier alpha value is -1.62. The van der Waals surface area contributed by atoms with Gasteiger partial charge >= 0.3 is 0 Å². The van der Waals surface area contributed by atoms with Gasteiger partial charge in [-0.1, -0.05) is 32.0 Å². The van der Waals surface area contributed by atoms with Crippen molar-refractivity contribution in [3.8, 4) is 11.6 Å². The summed E-state index contributed by atoms with van der Waals surface area (Å²) in [6.07, 6.45) is 2.76. The third kappa shape index (κ3) is 3.94. The molecule has 112 valence electrons. The van der Waals surface area contributed by atoms with Crippen LogP contribution in [-0.2, 0) is 0 Å². The molecule has 0 saturated heterocycles.